The Morgan fingerprint density at radius 1 is 1.38 bits per heavy atom. The van der Waals surface area contributed by atoms with Crippen LogP contribution in [0.5, 0.6) is 5.75 Å². The third kappa shape index (κ3) is 2.96. The van der Waals surface area contributed by atoms with Crippen LogP contribution in [-0.4, -0.2) is 19.7 Å². The van der Waals surface area contributed by atoms with Crippen LogP contribution in [0.1, 0.15) is 10.4 Å². The van der Waals surface area contributed by atoms with E-state index < -0.39 is 12.6 Å². The number of carbonyl (C=O) groups is 1. The Bertz CT molecular complexity index is 410. The molecule has 1 rings (SSSR count). The summed E-state index contributed by atoms with van der Waals surface area (Å²) >= 11 is 11.3. The minimum absolute atomic E-state index is 0.0208. The fraction of sp³-hybridized carbons (Fsp3) is 0.222. The standard InChI is InChI=1S/C9H6Cl2F2O3/c1-15-8(14)4-2-5(10)7(11)6(3-4)16-9(12)13/h2-3,9H,1H3. The van der Waals surface area contributed by atoms with E-state index in [2.05, 4.69) is 9.47 Å². The second kappa shape index (κ2) is 5.32. The van der Waals surface area contributed by atoms with Gasteiger partial charge in [-0.05, 0) is 12.1 Å². The fourth-order valence-corrected chi connectivity index (χ4v) is 1.35. The van der Waals surface area contributed by atoms with Gasteiger partial charge in [-0.3, -0.25) is 0 Å². The first kappa shape index (κ1) is 13.0. The topological polar surface area (TPSA) is 35.5 Å². The number of alkyl halides is 2. The molecule has 0 saturated heterocycles. The van der Waals surface area contributed by atoms with Crippen LogP contribution in [0.25, 0.3) is 0 Å². The summed E-state index contributed by atoms with van der Waals surface area (Å²) in [6, 6.07) is 2.24. The molecule has 0 aromatic heterocycles. The first-order valence-corrected chi connectivity index (χ1v) is 4.73. The highest BCUT2D eigenvalue weighted by Crippen LogP contribution is 2.34. The first-order chi connectivity index (χ1) is 7.45. The van der Waals surface area contributed by atoms with Crippen molar-refractivity contribution < 1.29 is 23.0 Å². The van der Waals surface area contributed by atoms with Crippen LogP contribution in [0.15, 0.2) is 12.1 Å². The van der Waals surface area contributed by atoms with Gasteiger partial charge in [-0.15, -0.1) is 0 Å². The summed E-state index contributed by atoms with van der Waals surface area (Å²) in [6.45, 7) is -3.05. The van der Waals surface area contributed by atoms with Gasteiger partial charge in [0.2, 0.25) is 0 Å². The second-order valence-corrected chi connectivity index (χ2v) is 3.43. The summed E-state index contributed by atoms with van der Waals surface area (Å²) in [7, 11) is 1.15. The number of halogens is 4. The highest BCUT2D eigenvalue weighted by molar-refractivity contribution is 6.43. The van der Waals surface area contributed by atoms with Crippen molar-refractivity contribution >= 4 is 29.2 Å². The maximum absolute atomic E-state index is 12.0. The molecule has 88 valence electrons. The van der Waals surface area contributed by atoms with Gasteiger partial charge in [-0.2, -0.15) is 8.78 Å². The smallest absolute Gasteiger partial charge is 0.387 e. The molecule has 0 spiro atoms. The summed E-state index contributed by atoms with van der Waals surface area (Å²) in [5, 5.41) is -0.255. The number of ether oxygens (including phenoxy) is 2. The van der Waals surface area contributed by atoms with Crippen LogP contribution in [0, 0.1) is 0 Å². The van der Waals surface area contributed by atoms with Crippen LogP contribution in [0.2, 0.25) is 10.0 Å². The molecule has 0 atom stereocenters. The zero-order chi connectivity index (χ0) is 12.3. The Morgan fingerprint density at radius 3 is 2.50 bits per heavy atom. The van der Waals surface area contributed by atoms with Gasteiger partial charge in [0.1, 0.15) is 10.8 Å². The SMILES string of the molecule is COC(=O)c1cc(Cl)c(Cl)c(OC(F)F)c1. The fourth-order valence-electron chi connectivity index (χ4n) is 0.981. The number of rotatable bonds is 3. The number of hydrogen-bond acceptors (Lipinski definition) is 3. The van der Waals surface area contributed by atoms with Gasteiger partial charge in [-0.1, -0.05) is 23.2 Å². The van der Waals surface area contributed by atoms with Crippen molar-refractivity contribution in [3.63, 3.8) is 0 Å². The molecule has 0 radical (unpaired) electrons. The zero-order valence-electron chi connectivity index (χ0n) is 7.97. The quantitative estimate of drug-likeness (QED) is 0.790. The van der Waals surface area contributed by atoms with Crippen molar-refractivity contribution in [1.82, 2.24) is 0 Å². The van der Waals surface area contributed by atoms with E-state index in [-0.39, 0.29) is 21.4 Å². The van der Waals surface area contributed by atoms with E-state index >= 15 is 0 Å². The molecule has 3 nitrogen and oxygen atoms in total. The molecular weight excluding hydrogens is 265 g/mol. The largest absolute Gasteiger partial charge is 0.465 e. The lowest BCUT2D eigenvalue weighted by Gasteiger charge is -2.09. The average Bonchev–Trinajstić information content (AvgIpc) is 2.22. The van der Waals surface area contributed by atoms with Crippen LogP contribution >= 0.6 is 23.2 Å². The van der Waals surface area contributed by atoms with E-state index in [4.69, 9.17) is 23.2 Å². The zero-order valence-corrected chi connectivity index (χ0v) is 9.48. The molecule has 1 aromatic carbocycles. The summed E-state index contributed by atoms with van der Waals surface area (Å²) in [4.78, 5) is 11.1. The van der Waals surface area contributed by atoms with E-state index in [0.29, 0.717) is 0 Å². The van der Waals surface area contributed by atoms with Gasteiger partial charge in [0.15, 0.2) is 0 Å². The molecule has 0 N–H and O–H groups in total. The van der Waals surface area contributed by atoms with Crippen molar-refractivity contribution in [3.8, 4) is 5.75 Å². The van der Waals surface area contributed by atoms with Crippen molar-refractivity contribution in [3.05, 3.63) is 27.7 Å². The van der Waals surface area contributed by atoms with Gasteiger partial charge in [0.05, 0.1) is 17.7 Å². The van der Waals surface area contributed by atoms with E-state index in [9.17, 15) is 13.6 Å². The number of esters is 1. The molecule has 0 aliphatic carbocycles. The molecule has 0 aliphatic rings. The van der Waals surface area contributed by atoms with Crippen molar-refractivity contribution in [2.75, 3.05) is 7.11 Å². The van der Waals surface area contributed by atoms with Crippen LogP contribution in [-0.2, 0) is 4.74 Å². The molecule has 0 fully saturated rings. The first-order valence-electron chi connectivity index (χ1n) is 3.98. The van der Waals surface area contributed by atoms with E-state index in [1.165, 1.54) is 6.07 Å². The highest BCUT2D eigenvalue weighted by atomic mass is 35.5. The molecule has 0 aliphatic heterocycles. The Hall–Kier alpha value is -1.07. The van der Waals surface area contributed by atoms with Crippen LogP contribution in [0.3, 0.4) is 0 Å². The Labute approximate surface area is 99.9 Å². The summed E-state index contributed by atoms with van der Waals surface area (Å²) < 4.78 is 32.5. The van der Waals surface area contributed by atoms with E-state index in [1.807, 2.05) is 0 Å². The third-order valence-corrected chi connectivity index (χ3v) is 2.42. The summed E-state index contributed by atoms with van der Waals surface area (Å²) in [5.74, 6) is -1.10. The molecule has 1 aromatic rings. The van der Waals surface area contributed by atoms with Gasteiger partial charge < -0.3 is 9.47 Å². The van der Waals surface area contributed by atoms with Gasteiger partial charge in [0, 0.05) is 0 Å². The molecule has 0 saturated carbocycles. The molecule has 0 bridgehead atoms. The third-order valence-electron chi connectivity index (χ3n) is 1.63. The van der Waals surface area contributed by atoms with Gasteiger partial charge in [0.25, 0.3) is 0 Å². The van der Waals surface area contributed by atoms with E-state index in [0.717, 1.165) is 13.2 Å². The molecule has 7 heteroatoms. The molecular formula is C9H6Cl2F2O3. The Kier molecular flexibility index (Phi) is 4.32. The van der Waals surface area contributed by atoms with Crippen LogP contribution < -0.4 is 4.74 Å². The van der Waals surface area contributed by atoms with Gasteiger partial charge in [-0.25, -0.2) is 4.79 Å². The average molecular weight is 271 g/mol. The van der Waals surface area contributed by atoms with Gasteiger partial charge >= 0.3 is 12.6 Å². The predicted molar refractivity (Wildman–Crippen MR) is 54.4 cm³/mol. The van der Waals surface area contributed by atoms with Crippen molar-refractivity contribution in [2.45, 2.75) is 6.61 Å². The predicted octanol–water partition coefficient (Wildman–Crippen LogP) is 3.38. The van der Waals surface area contributed by atoms with Crippen molar-refractivity contribution in [2.24, 2.45) is 0 Å². The monoisotopic (exact) mass is 270 g/mol. The second-order valence-electron chi connectivity index (χ2n) is 2.64. The minimum atomic E-state index is -3.05. The lowest BCUT2D eigenvalue weighted by atomic mass is 10.2. The number of hydrogen-bond donors (Lipinski definition) is 0. The molecule has 0 unspecified atom stereocenters. The lowest BCUT2D eigenvalue weighted by Crippen LogP contribution is -2.06. The Balaban J connectivity index is 3.16. The molecule has 0 amide bonds. The van der Waals surface area contributed by atoms with Crippen molar-refractivity contribution in [1.29, 1.82) is 0 Å². The highest BCUT2D eigenvalue weighted by Gasteiger charge is 2.16. The summed E-state index contributed by atoms with van der Waals surface area (Å²) in [5.41, 5.74) is -0.0208. The molecule has 0 heterocycles. The number of methoxy groups -OCH3 is 1. The normalized spacial score (nSPS) is 10.4. The Morgan fingerprint density at radius 2 is 2.00 bits per heavy atom. The van der Waals surface area contributed by atoms with Crippen LogP contribution in [0.4, 0.5) is 8.78 Å². The molecule has 16 heavy (non-hydrogen) atoms. The number of carbonyl (C=O) groups excluding carboxylic acids is 1. The summed E-state index contributed by atoms with van der Waals surface area (Å²) in [6.07, 6.45) is 0. The van der Waals surface area contributed by atoms with E-state index in [1.54, 1.807) is 0 Å². The number of benzene rings is 1. The maximum Gasteiger partial charge on any atom is 0.387 e. The minimum Gasteiger partial charge on any atom is -0.465 e. The lowest BCUT2D eigenvalue weighted by molar-refractivity contribution is -0.0498. The maximum atomic E-state index is 12.0.